The molecular weight excluding hydrogens is 428 g/mol. The van der Waals surface area contributed by atoms with Gasteiger partial charge in [-0.1, -0.05) is 41.9 Å². The molecular formula is C25H29ClN2O4. The first-order valence-electron chi connectivity index (χ1n) is 10.9. The lowest BCUT2D eigenvalue weighted by atomic mass is 9.74. The third-order valence-corrected chi connectivity index (χ3v) is 6.31. The van der Waals surface area contributed by atoms with E-state index in [9.17, 15) is 9.59 Å². The number of benzene rings is 2. The van der Waals surface area contributed by atoms with E-state index in [-0.39, 0.29) is 24.2 Å². The predicted octanol–water partition coefficient (Wildman–Crippen LogP) is 5.77. The number of hydrogen-bond donors (Lipinski definition) is 0. The van der Waals surface area contributed by atoms with Crippen LogP contribution in [0, 0.1) is 0 Å². The predicted molar refractivity (Wildman–Crippen MR) is 124 cm³/mol. The van der Waals surface area contributed by atoms with Crippen molar-refractivity contribution in [3.63, 3.8) is 0 Å². The number of likely N-dealkylation sites (tertiary alicyclic amines) is 1. The molecule has 0 radical (unpaired) electrons. The second-order valence-corrected chi connectivity index (χ2v) is 9.97. The summed E-state index contributed by atoms with van der Waals surface area (Å²) in [7, 11) is 0. The van der Waals surface area contributed by atoms with E-state index in [1.54, 1.807) is 15.9 Å². The van der Waals surface area contributed by atoms with Crippen LogP contribution in [-0.2, 0) is 21.5 Å². The minimum Gasteiger partial charge on any atom is -0.445 e. The fourth-order valence-electron chi connectivity index (χ4n) is 4.48. The Kier molecular flexibility index (Phi) is 6.08. The van der Waals surface area contributed by atoms with Crippen molar-refractivity contribution in [3.8, 4) is 0 Å². The van der Waals surface area contributed by atoms with Gasteiger partial charge in [-0.05, 0) is 62.9 Å². The van der Waals surface area contributed by atoms with Gasteiger partial charge < -0.3 is 14.4 Å². The van der Waals surface area contributed by atoms with E-state index >= 15 is 0 Å². The number of amides is 2. The normalized spacial score (nSPS) is 17.2. The van der Waals surface area contributed by atoms with Gasteiger partial charge in [-0.15, -0.1) is 0 Å². The van der Waals surface area contributed by atoms with Crippen molar-refractivity contribution < 1.29 is 19.1 Å². The molecule has 0 unspecified atom stereocenters. The fraction of sp³-hybridized carbons (Fsp3) is 0.440. The Hall–Kier alpha value is -2.73. The topological polar surface area (TPSA) is 59.1 Å². The summed E-state index contributed by atoms with van der Waals surface area (Å²) in [5.74, 6) is 0. The largest absolute Gasteiger partial charge is 0.445 e. The molecule has 7 heteroatoms. The standard InChI is InChI=1S/C25H29ClN2O4/c1-24(2,3)32-23(30)28-17-25(20-15-19(26)9-10-21(20)28)11-13-27(14-12-25)22(29)31-16-18-7-5-4-6-8-18/h4-10,15H,11-14,16-17H2,1-3H3. The summed E-state index contributed by atoms with van der Waals surface area (Å²) in [6.07, 6.45) is 0.778. The van der Waals surface area contributed by atoms with Crippen molar-refractivity contribution in [2.24, 2.45) is 0 Å². The second kappa shape index (κ2) is 8.66. The van der Waals surface area contributed by atoms with Crippen LogP contribution in [0.1, 0.15) is 44.7 Å². The molecule has 0 N–H and O–H groups in total. The van der Waals surface area contributed by atoms with Crippen LogP contribution >= 0.6 is 11.6 Å². The summed E-state index contributed by atoms with van der Waals surface area (Å²) in [6, 6.07) is 15.3. The van der Waals surface area contributed by atoms with Gasteiger partial charge in [0.1, 0.15) is 12.2 Å². The van der Waals surface area contributed by atoms with Crippen LogP contribution in [0.3, 0.4) is 0 Å². The van der Waals surface area contributed by atoms with Crippen LogP contribution in [0.2, 0.25) is 5.02 Å². The molecule has 2 amide bonds. The Morgan fingerprint density at radius 3 is 2.38 bits per heavy atom. The van der Waals surface area contributed by atoms with Crippen LogP contribution in [0.5, 0.6) is 0 Å². The van der Waals surface area contributed by atoms with E-state index < -0.39 is 5.60 Å². The molecule has 170 valence electrons. The Labute approximate surface area is 194 Å². The lowest BCUT2D eigenvalue weighted by Crippen LogP contribution is -2.48. The molecule has 1 fully saturated rings. The molecule has 2 aromatic rings. The first-order valence-corrected chi connectivity index (χ1v) is 11.3. The minimum atomic E-state index is -0.578. The number of piperidine rings is 1. The van der Waals surface area contributed by atoms with Crippen LogP contribution in [0.25, 0.3) is 0 Å². The summed E-state index contributed by atoms with van der Waals surface area (Å²) in [4.78, 5) is 29.0. The van der Waals surface area contributed by atoms with Gasteiger partial charge in [0.25, 0.3) is 0 Å². The molecule has 6 nitrogen and oxygen atoms in total. The zero-order chi connectivity index (χ0) is 22.9. The number of nitrogens with zero attached hydrogens (tertiary/aromatic N) is 2. The van der Waals surface area contributed by atoms with Gasteiger partial charge in [0.15, 0.2) is 0 Å². The third-order valence-electron chi connectivity index (χ3n) is 6.08. The fourth-order valence-corrected chi connectivity index (χ4v) is 4.65. The smallest absolute Gasteiger partial charge is 0.414 e. The Bertz CT molecular complexity index is 995. The van der Waals surface area contributed by atoms with Crippen molar-refractivity contribution in [2.75, 3.05) is 24.5 Å². The van der Waals surface area contributed by atoms with Gasteiger partial charge in [0, 0.05) is 30.1 Å². The first-order chi connectivity index (χ1) is 15.2. The molecule has 32 heavy (non-hydrogen) atoms. The van der Waals surface area contributed by atoms with Crippen molar-refractivity contribution >= 4 is 29.5 Å². The number of rotatable bonds is 2. The third kappa shape index (κ3) is 4.70. The van der Waals surface area contributed by atoms with Gasteiger partial charge in [-0.2, -0.15) is 0 Å². The van der Waals surface area contributed by atoms with Gasteiger partial charge >= 0.3 is 12.2 Å². The maximum absolute atomic E-state index is 12.9. The molecule has 4 rings (SSSR count). The van der Waals surface area contributed by atoms with E-state index in [1.165, 1.54) is 0 Å². The number of ether oxygens (including phenoxy) is 2. The average Bonchev–Trinajstić information content (AvgIpc) is 3.05. The molecule has 2 heterocycles. The van der Waals surface area contributed by atoms with Crippen LogP contribution < -0.4 is 4.90 Å². The molecule has 0 bridgehead atoms. The van der Waals surface area contributed by atoms with E-state index in [0.29, 0.717) is 24.7 Å². The highest BCUT2D eigenvalue weighted by Gasteiger charge is 2.48. The van der Waals surface area contributed by atoms with E-state index in [1.807, 2.05) is 63.2 Å². The van der Waals surface area contributed by atoms with Crippen LogP contribution in [-0.4, -0.2) is 42.3 Å². The highest BCUT2D eigenvalue weighted by atomic mass is 35.5. The lowest BCUT2D eigenvalue weighted by Gasteiger charge is -2.39. The molecule has 0 aliphatic carbocycles. The van der Waals surface area contributed by atoms with Crippen molar-refractivity contribution in [1.29, 1.82) is 0 Å². The molecule has 0 aromatic heterocycles. The highest BCUT2D eigenvalue weighted by Crippen LogP contribution is 2.48. The molecule has 2 aliphatic rings. The van der Waals surface area contributed by atoms with E-state index in [0.717, 1.165) is 29.7 Å². The lowest BCUT2D eigenvalue weighted by molar-refractivity contribution is 0.0561. The van der Waals surface area contributed by atoms with Gasteiger partial charge in [-0.25, -0.2) is 9.59 Å². The van der Waals surface area contributed by atoms with E-state index in [2.05, 4.69) is 0 Å². The first kappa shape index (κ1) is 22.5. The Balaban J connectivity index is 1.46. The summed E-state index contributed by atoms with van der Waals surface area (Å²) >= 11 is 6.32. The summed E-state index contributed by atoms with van der Waals surface area (Å²) < 4.78 is 11.1. The van der Waals surface area contributed by atoms with Crippen molar-refractivity contribution in [2.45, 2.75) is 51.2 Å². The number of hydrogen-bond acceptors (Lipinski definition) is 4. The molecule has 0 saturated carbocycles. The zero-order valence-electron chi connectivity index (χ0n) is 18.8. The highest BCUT2D eigenvalue weighted by molar-refractivity contribution is 6.30. The van der Waals surface area contributed by atoms with Gasteiger partial charge in [0.05, 0.1) is 5.69 Å². The SMILES string of the molecule is CC(C)(C)OC(=O)N1CC2(CCN(C(=O)OCc3ccccc3)CC2)c2cc(Cl)ccc21. The number of carbonyl (C=O) groups excluding carboxylic acids is 2. The quantitative estimate of drug-likeness (QED) is 0.576. The van der Waals surface area contributed by atoms with Crippen molar-refractivity contribution in [1.82, 2.24) is 4.90 Å². The second-order valence-electron chi connectivity index (χ2n) is 9.54. The Morgan fingerprint density at radius 2 is 1.72 bits per heavy atom. The number of carbonyl (C=O) groups is 2. The summed E-state index contributed by atoms with van der Waals surface area (Å²) in [5, 5.41) is 0.638. The Morgan fingerprint density at radius 1 is 1.03 bits per heavy atom. The van der Waals surface area contributed by atoms with E-state index in [4.69, 9.17) is 21.1 Å². The number of anilines is 1. The van der Waals surface area contributed by atoms with Crippen LogP contribution in [0.4, 0.5) is 15.3 Å². The number of halogens is 1. The van der Waals surface area contributed by atoms with Gasteiger partial charge in [-0.3, -0.25) is 4.90 Å². The molecule has 2 aliphatic heterocycles. The zero-order valence-corrected chi connectivity index (χ0v) is 19.5. The van der Waals surface area contributed by atoms with Crippen LogP contribution in [0.15, 0.2) is 48.5 Å². The summed E-state index contributed by atoms with van der Waals surface area (Å²) in [6.45, 7) is 7.47. The summed E-state index contributed by atoms with van der Waals surface area (Å²) in [5.41, 5.74) is 2.01. The maximum atomic E-state index is 12.9. The van der Waals surface area contributed by atoms with Crippen molar-refractivity contribution in [3.05, 3.63) is 64.7 Å². The minimum absolute atomic E-state index is 0.256. The number of fused-ring (bicyclic) bond motifs is 2. The molecule has 0 atom stereocenters. The average molecular weight is 457 g/mol. The van der Waals surface area contributed by atoms with Gasteiger partial charge in [0.2, 0.25) is 0 Å². The molecule has 1 saturated heterocycles. The molecule has 1 spiro atoms. The molecule has 2 aromatic carbocycles. The monoisotopic (exact) mass is 456 g/mol. The maximum Gasteiger partial charge on any atom is 0.414 e.